The zero-order chi connectivity index (χ0) is 20.1. The van der Waals surface area contributed by atoms with Crippen molar-refractivity contribution in [3.05, 3.63) is 11.9 Å². The van der Waals surface area contributed by atoms with Crippen molar-refractivity contribution in [1.29, 1.82) is 0 Å². The van der Waals surface area contributed by atoms with E-state index in [4.69, 9.17) is 4.74 Å². The highest BCUT2D eigenvalue weighted by Crippen LogP contribution is 2.29. The van der Waals surface area contributed by atoms with Gasteiger partial charge in [-0.1, -0.05) is 12.1 Å². The molecule has 1 aromatic heterocycles. The maximum atomic E-state index is 12.8. The standard InChI is InChI=1S/C20H35N5O3/c1-15-9-25(16(2)13-26)20(27)5-4-8-24-11-18(21-22-24)14-28-19(15)12-23(3)10-17-6-7-17/h11,15-17,19,26H,4-10,12-14H2,1-3H3/t15-,16+,19-/m0/s1. The molecule has 1 aliphatic heterocycles. The first-order chi connectivity index (χ1) is 13.5. The maximum Gasteiger partial charge on any atom is 0.222 e. The lowest BCUT2D eigenvalue weighted by Crippen LogP contribution is -2.47. The lowest BCUT2D eigenvalue weighted by atomic mass is 10.0. The average Bonchev–Trinajstić information content (AvgIpc) is 3.36. The monoisotopic (exact) mass is 393 g/mol. The van der Waals surface area contributed by atoms with E-state index in [1.807, 2.05) is 18.0 Å². The normalized spacial score (nSPS) is 25.9. The number of nitrogens with zero attached hydrogens (tertiary/aromatic N) is 5. The molecule has 3 rings (SSSR count). The fourth-order valence-electron chi connectivity index (χ4n) is 3.82. The molecule has 2 aliphatic rings. The molecule has 1 N–H and O–H groups in total. The summed E-state index contributed by atoms with van der Waals surface area (Å²) in [6.07, 6.45) is 5.69. The number of hydrogen-bond donors (Lipinski definition) is 1. The van der Waals surface area contributed by atoms with Crippen LogP contribution in [0.15, 0.2) is 6.20 Å². The number of rotatable bonds is 6. The third-order valence-corrected chi connectivity index (χ3v) is 5.80. The van der Waals surface area contributed by atoms with Crippen LogP contribution in [0.5, 0.6) is 0 Å². The van der Waals surface area contributed by atoms with E-state index < -0.39 is 0 Å². The van der Waals surface area contributed by atoms with Gasteiger partial charge >= 0.3 is 0 Å². The van der Waals surface area contributed by atoms with Crippen molar-refractivity contribution < 1.29 is 14.6 Å². The van der Waals surface area contributed by atoms with Gasteiger partial charge in [-0.15, -0.1) is 5.10 Å². The Kier molecular flexibility index (Phi) is 7.42. The van der Waals surface area contributed by atoms with Crippen molar-refractivity contribution in [2.24, 2.45) is 11.8 Å². The van der Waals surface area contributed by atoms with Crippen LogP contribution in [0, 0.1) is 11.8 Å². The number of aryl methyl sites for hydroxylation is 1. The molecule has 8 heteroatoms. The first-order valence-corrected chi connectivity index (χ1v) is 10.6. The van der Waals surface area contributed by atoms with Crippen LogP contribution in [0.4, 0.5) is 0 Å². The zero-order valence-electron chi connectivity index (χ0n) is 17.5. The van der Waals surface area contributed by atoms with Crippen LogP contribution in [0.1, 0.15) is 45.2 Å². The topological polar surface area (TPSA) is 83.7 Å². The number of aliphatic hydroxyl groups is 1. The molecule has 1 amide bonds. The molecule has 0 saturated heterocycles. The fraction of sp³-hybridized carbons (Fsp3) is 0.850. The van der Waals surface area contributed by atoms with E-state index in [1.165, 1.54) is 12.8 Å². The first kappa shape index (κ1) is 21.2. The molecular formula is C20H35N5O3. The van der Waals surface area contributed by atoms with Crippen LogP contribution in [-0.4, -0.2) is 81.2 Å². The summed E-state index contributed by atoms with van der Waals surface area (Å²) in [6, 6.07) is -0.192. The van der Waals surface area contributed by atoms with Gasteiger partial charge in [-0.2, -0.15) is 0 Å². The average molecular weight is 394 g/mol. The number of carbonyl (C=O) groups is 1. The van der Waals surface area contributed by atoms with E-state index in [0.29, 0.717) is 32.5 Å². The summed E-state index contributed by atoms with van der Waals surface area (Å²) in [5.41, 5.74) is 0.827. The van der Waals surface area contributed by atoms with Crippen molar-refractivity contribution in [3.8, 4) is 0 Å². The summed E-state index contributed by atoms with van der Waals surface area (Å²) >= 11 is 0. The number of likely N-dealkylation sites (N-methyl/N-ethyl adjacent to an activating group) is 1. The van der Waals surface area contributed by atoms with Gasteiger partial charge in [0.05, 0.1) is 31.6 Å². The van der Waals surface area contributed by atoms with Gasteiger partial charge < -0.3 is 19.6 Å². The number of aromatic nitrogens is 3. The minimum atomic E-state index is -0.192. The second-order valence-corrected chi connectivity index (χ2v) is 8.65. The Balaban J connectivity index is 1.74. The highest BCUT2D eigenvalue weighted by molar-refractivity contribution is 5.76. The van der Waals surface area contributed by atoms with E-state index >= 15 is 0 Å². The molecule has 1 aromatic rings. The minimum Gasteiger partial charge on any atom is -0.394 e. The van der Waals surface area contributed by atoms with Gasteiger partial charge in [0, 0.05) is 38.5 Å². The largest absolute Gasteiger partial charge is 0.394 e. The summed E-state index contributed by atoms with van der Waals surface area (Å²) in [5, 5.41) is 18.0. The summed E-state index contributed by atoms with van der Waals surface area (Å²) < 4.78 is 8.06. The molecule has 0 unspecified atom stereocenters. The van der Waals surface area contributed by atoms with Gasteiger partial charge in [0.1, 0.15) is 5.69 Å². The number of fused-ring (bicyclic) bond motifs is 2. The van der Waals surface area contributed by atoms with E-state index in [2.05, 4.69) is 29.2 Å². The van der Waals surface area contributed by atoms with Crippen LogP contribution in [0.25, 0.3) is 0 Å². The van der Waals surface area contributed by atoms with E-state index in [9.17, 15) is 9.90 Å². The predicted molar refractivity (Wildman–Crippen MR) is 105 cm³/mol. The van der Waals surface area contributed by atoms with E-state index in [0.717, 1.165) is 24.7 Å². The van der Waals surface area contributed by atoms with Crippen molar-refractivity contribution in [2.45, 2.75) is 64.8 Å². The summed E-state index contributed by atoms with van der Waals surface area (Å²) in [7, 11) is 2.14. The van der Waals surface area contributed by atoms with Gasteiger partial charge in [-0.3, -0.25) is 9.48 Å². The second-order valence-electron chi connectivity index (χ2n) is 8.65. The van der Waals surface area contributed by atoms with Crippen molar-refractivity contribution >= 4 is 5.91 Å². The lowest BCUT2D eigenvalue weighted by molar-refractivity contribution is -0.136. The third-order valence-electron chi connectivity index (χ3n) is 5.80. The zero-order valence-corrected chi connectivity index (χ0v) is 17.5. The smallest absolute Gasteiger partial charge is 0.222 e. The molecule has 28 heavy (non-hydrogen) atoms. The third kappa shape index (κ3) is 5.99. The molecule has 1 aliphatic carbocycles. The number of aliphatic hydroxyl groups excluding tert-OH is 1. The molecular weight excluding hydrogens is 358 g/mol. The number of carbonyl (C=O) groups excluding carboxylic acids is 1. The highest BCUT2D eigenvalue weighted by atomic mass is 16.5. The molecule has 2 bridgehead atoms. The minimum absolute atomic E-state index is 0.0177. The summed E-state index contributed by atoms with van der Waals surface area (Å²) in [5.74, 6) is 1.05. The van der Waals surface area contributed by atoms with Gasteiger partial charge in [-0.25, -0.2) is 0 Å². The van der Waals surface area contributed by atoms with Gasteiger partial charge in [-0.05, 0) is 39.2 Å². The van der Waals surface area contributed by atoms with E-state index in [1.54, 1.807) is 4.68 Å². The Bertz CT molecular complexity index is 633. The number of amides is 1. The number of ether oxygens (including phenoxy) is 1. The Hall–Kier alpha value is -1.51. The van der Waals surface area contributed by atoms with Crippen LogP contribution in [-0.2, 0) is 22.7 Å². The molecule has 0 aromatic carbocycles. The van der Waals surface area contributed by atoms with Crippen LogP contribution in [0.2, 0.25) is 0 Å². The molecule has 8 nitrogen and oxygen atoms in total. The molecule has 0 radical (unpaired) electrons. The summed E-state index contributed by atoms with van der Waals surface area (Å²) in [6.45, 7) is 7.60. The molecule has 3 atom stereocenters. The first-order valence-electron chi connectivity index (χ1n) is 10.6. The Morgan fingerprint density at radius 2 is 2.18 bits per heavy atom. The van der Waals surface area contributed by atoms with Crippen LogP contribution in [0.3, 0.4) is 0 Å². The van der Waals surface area contributed by atoms with Crippen molar-refractivity contribution in [2.75, 3.05) is 33.3 Å². The molecule has 2 heterocycles. The van der Waals surface area contributed by atoms with Gasteiger partial charge in [0.25, 0.3) is 0 Å². The molecule has 0 spiro atoms. The lowest BCUT2D eigenvalue weighted by Gasteiger charge is -2.35. The maximum absolute atomic E-state index is 12.8. The van der Waals surface area contributed by atoms with Crippen LogP contribution < -0.4 is 0 Å². The molecule has 1 fully saturated rings. The second kappa shape index (κ2) is 9.80. The quantitative estimate of drug-likeness (QED) is 0.780. The molecule has 1 saturated carbocycles. The Morgan fingerprint density at radius 3 is 2.89 bits per heavy atom. The molecule has 158 valence electrons. The Labute approximate surface area is 167 Å². The highest BCUT2D eigenvalue weighted by Gasteiger charge is 2.29. The number of hydrogen-bond acceptors (Lipinski definition) is 6. The van der Waals surface area contributed by atoms with Crippen LogP contribution >= 0.6 is 0 Å². The fourth-order valence-corrected chi connectivity index (χ4v) is 3.82. The van der Waals surface area contributed by atoms with Gasteiger partial charge in [0.15, 0.2) is 0 Å². The van der Waals surface area contributed by atoms with Gasteiger partial charge in [0.2, 0.25) is 5.91 Å². The van der Waals surface area contributed by atoms with Crippen molar-refractivity contribution in [3.63, 3.8) is 0 Å². The summed E-state index contributed by atoms with van der Waals surface area (Å²) in [4.78, 5) is 17.0. The predicted octanol–water partition coefficient (Wildman–Crippen LogP) is 1.14. The Morgan fingerprint density at radius 1 is 1.39 bits per heavy atom. The SMILES string of the molecule is C[C@H](CO)N1C[C@H](C)[C@H](CN(C)CC2CC2)OCc2cn(nn2)CCCC1=O. The van der Waals surface area contributed by atoms with E-state index in [-0.39, 0.29) is 30.6 Å². The van der Waals surface area contributed by atoms with Crippen molar-refractivity contribution in [1.82, 2.24) is 24.8 Å².